The lowest BCUT2D eigenvalue weighted by Gasteiger charge is -2.34. The van der Waals surface area contributed by atoms with Crippen LogP contribution in [0.1, 0.15) is 56.1 Å². The molecular weight excluding hydrogens is 432 g/mol. The molecule has 2 N–H and O–H groups in total. The minimum Gasteiger partial charge on any atom is -0.480 e. The lowest BCUT2D eigenvalue weighted by atomic mass is 9.97. The third-order valence-electron chi connectivity index (χ3n) is 6.92. The van der Waals surface area contributed by atoms with E-state index in [1.54, 1.807) is 0 Å². The predicted molar refractivity (Wildman–Crippen MR) is 128 cm³/mol. The maximum Gasteiger partial charge on any atom is 0.407 e. The minimum atomic E-state index is -0.933. The van der Waals surface area contributed by atoms with Gasteiger partial charge in [-0.25, -0.2) is 9.59 Å². The maximum absolute atomic E-state index is 12.7. The molecule has 2 aromatic carbocycles. The fourth-order valence-electron chi connectivity index (χ4n) is 5.11. The lowest BCUT2D eigenvalue weighted by molar-refractivity contribution is -0.153. The summed E-state index contributed by atoms with van der Waals surface area (Å²) in [6, 6.07) is 15.7. The number of benzene rings is 2. The number of carbonyl (C=O) groups is 3. The molecule has 2 aromatic rings. The van der Waals surface area contributed by atoms with E-state index in [1.165, 1.54) is 27.2 Å². The molecule has 2 aliphatic rings. The molecular formula is C27H32N2O5. The number of alkyl carbamates (subject to hydrolysis) is 1. The summed E-state index contributed by atoms with van der Waals surface area (Å²) >= 11 is 0. The number of ether oxygens (including phenoxy) is 1. The van der Waals surface area contributed by atoms with Gasteiger partial charge in [0.05, 0.1) is 0 Å². The van der Waals surface area contributed by atoms with E-state index < -0.39 is 18.1 Å². The van der Waals surface area contributed by atoms with Gasteiger partial charge >= 0.3 is 12.1 Å². The Labute approximate surface area is 200 Å². The van der Waals surface area contributed by atoms with Crippen molar-refractivity contribution in [3.05, 3.63) is 59.7 Å². The van der Waals surface area contributed by atoms with Gasteiger partial charge in [0.25, 0.3) is 0 Å². The van der Waals surface area contributed by atoms with Gasteiger partial charge in [0, 0.05) is 24.9 Å². The molecule has 1 aliphatic carbocycles. The lowest BCUT2D eigenvalue weighted by Crippen LogP contribution is -2.49. The summed E-state index contributed by atoms with van der Waals surface area (Å²) in [5.74, 6) is -1.32. The first-order valence-corrected chi connectivity index (χ1v) is 12.1. The average molecular weight is 465 g/mol. The van der Waals surface area contributed by atoms with Crippen LogP contribution in [0.15, 0.2) is 48.5 Å². The Hall–Kier alpha value is -3.35. The zero-order valence-electron chi connectivity index (χ0n) is 19.5. The van der Waals surface area contributed by atoms with Gasteiger partial charge < -0.3 is 20.1 Å². The quantitative estimate of drug-likeness (QED) is 0.565. The van der Waals surface area contributed by atoms with Gasteiger partial charge in [-0.05, 0) is 54.4 Å². The second-order valence-electron chi connectivity index (χ2n) is 9.18. The molecule has 1 unspecified atom stereocenters. The molecule has 1 aliphatic heterocycles. The predicted octanol–water partition coefficient (Wildman–Crippen LogP) is 4.41. The van der Waals surface area contributed by atoms with E-state index in [2.05, 4.69) is 29.6 Å². The molecule has 7 nitrogen and oxygen atoms in total. The molecule has 1 fully saturated rings. The molecule has 2 amide bonds. The molecule has 180 valence electrons. The number of nitrogens with zero attached hydrogens (tertiary/aromatic N) is 1. The first kappa shape index (κ1) is 23.8. The smallest absolute Gasteiger partial charge is 0.407 e. The van der Waals surface area contributed by atoms with Crippen molar-refractivity contribution in [1.29, 1.82) is 0 Å². The first-order chi connectivity index (χ1) is 16.5. The molecule has 0 bridgehead atoms. The Balaban J connectivity index is 1.22. The van der Waals surface area contributed by atoms with Crippen LogP contribution in [0.4, 0.5) is 4.79 Å². The van der Waals surface area contributed by atoms with Crippen molar-refractivity contribution >= 4 is 18.0 Å². The number of likely N-dealkylation sites (tertiary alicyclic amines) is 1. The third kappa shape index (κ3) is 5.08. The van der Waals surface area contributed by atoms with Gasteiger partial charge in [-0.15, -0.1) is 0 Å². The van der Waals surface area contributed by atoms with Crippen molar-refractivity contribution in [2.45, 2.75) is 51.0 Å². The first-order valence-electron chi connectivity index (χ1n) is 12.1. The minimum absolute atomic E-state index is 0.0162. The van der Waals surface area contributed by atoms with E-state index >= 15 is 0 Å². The fourth-order valence-corrected chi connectivity index (χ4v) is 5.11. The molecule has 0 spiro atoms. The van der Waals surface area contributed by atoms with Crippen LogP contribution in [0.2, 0.25) is 0 Å². The van der Waals surface area contributed by atoms with Crippen molar-refractivity contribution in [2.75, 3.05) is 19.7 Å². The zero-order chi connectivity index (χ0) is 24.1. The Morgan fingerprint density at radius 3 is 2.35 bits per heavy atom. The van der Waals surface area contributed by atoms with E-state index in [0.29, 0.717) is 32.4 Å². The number of amides is 2. The number of nitrogens with one attached hydrogen (secondary N) is 1. The van der Waals surface area contributed by atoms with Crippen molar-refractivity contribution in [2.24, 2.45) is 5.92 Å². The van der Waals surface area contributed by atoms with Gasteiger partial charge in [-0.1, -0.05) is 55.5 Å². The van der Waals surface area contributed by atoms with Crippen molar-refractivity contribution in [3.8, 4) is 11.1 Å². The normalized spacial score (nSPS) is 18.0. The summed E-state index contributed by atoms with van der Waals surface area (Å²) in [6.07, 6.45) is 2.90. The average Bonchev–Trinajstić information content (AvgIpc) is 3.18. The van der Waals surface area contributed by atoms with Crippen LogP contribution in [-0.4, -0.2) is 53.7 Å². The van der Waals surface area contributed by atoms with Gasteiger partial charge in [0.15, 0.2) is 0 Å². The highest BCUT2D eigenvalue weighted by Gasteiger charge is 2.34. The van der Waals surface area contributed by atoms with E-state index in [1.807, 2.05) is 31.2 Å². The summed E-state index contributed by atoms with van der Waals surface area (Å²) in [7, 11) is 0. The van der Waals surface area contributed by atoms with Crippen molar-refractivity contribution in [1.82, 2.24) is 10.2 Å². The number of carbonyl (C=O) groups excluding carboxylic acids is 2. The number of piperidine rings is 1. The van der Waals surface area contributed by atoms with Gasteiger partial charge in [0.2, 0.25) is 5.91 Å². The Morgan fingerprint density at radius 1 is 1.06 bits per heavy atom. The Bertz CT molecular complexity index is 1010. The summed E-state index contributed by atoms with van der Waals surface area (Å²) in [6.45, 7) is 2.98. The van der Waals surface area contributed by atoms with E-state index in [-0.39, 0.29) is 24.3 Å². The SMILES string of the molecule is CC(CCCNC(=O)OCC1c2ccccc2-c2ccccc21)C(=O)N1CCCC[C@@H]1C(=O)O. The number of fused-ring (bicyclic) bond motifs is 3. The summed E-state index contributed by atoms with van der Waals surface area (Å²) in [5.41, 5.74) is 4.71. The maximum atomic E-state index is 12.7. The summed E-state index contributed by atoms with van der Waals surface area (Å²) in [4.78, 5) is 38.0. The van der Waals surface area contributed by atoms with Crippen LogP contribution in [-0.2, 0) is 14.3 Å². The van der Waals surface area contributed by atoms with Crippen LogP contribution < -0.4 is 5.32 Å². The standard InChI is InChI=1S/C27H32N2O5/c1-18(25(30)29-16-7-6-14-24(29)26(31)32)9-8-15-28-27(33)34-17-23-21-12-4-2-10-19(21)20-11-3-5-13-22(20)23/h2-5,10-13,18,23-24H,6-9,14-17H2,1H3,(H,28,33)(H,31,32)/t18?,24-/m1/s1. The third-order valence-corrected chi connectivity index (χ3v) is 6.92. The monoisotopic (exact) mass is 464 g/mol. The Kier molecular flexibility index (Phi) is 7.50. The van der Waals surface area contributed by atoms with E-state index in [9.17, 15) is 19.5 Å². The second kappa shape index (κ2) is 10.7. The molecule has 0 saturated carbocycles. The highest BCUT2D eigenvalue weighted by Crippen LogP contribution is 2.44. The summed E-state index contributed by atoms with van der Waals surface area (Å²) < 4.78 is 5.54. The molecule has 4 rings (SSSR count). The zero-order valence-corrected chi connectivity index (χ0v) is 19.5. The molecule has 2 atom stereocenters. The number of carboxylic acids is 1. The topological polar surface area (TPSA) is 95.9 Å². The largest absolute Gasteiger partial charge is 0.480 e. The number of hydrogen-bond acceptors (Lipinski definition) is 4. The van der Waals surface area contributed by atoms with E-state index in [0.717, 1.165) is 12.8 Å². The van der Waals surface area contributed by atoms with Gasteiger partial charge in [0.1, 0.15) is 12.6 Å². The van der Waals surface area contributed by atoms with Gasteiger partial charge in [-0.2, -0.15) is 0 Å². The summed E-state index contributed by atoms with van der Waals surface area (Å²) in [5, 5.41) is 12.2. The number of aliphatic carboxylic acids is 1. The second-order valence-corrected chi connectivity index (χ2v) is 9.18. The number of hydrogen-bond donors (Lipinski definition) is 2. The molecule has 1 saturated heterocycles. The van der Waals surface area contributed by atoms with Crippen molar-refractivity contribution < 1.29 is 24.2 Å². The van der Waals surface area contributed by atoms with Crippen LogP contribution >= 0.6 is 0 Å². The molecule has 0 aromatic heterocycles. The van der Waals surface area contributed by atoms with Crippen molar-refractivity contribution in [3.63, 3.8) is 0 Å². The molecule has 34 heavy (non-hydrogen) atoms. The molecule has 1 heterocycles. The number of rotatable bonds is 8. The van der Waals surface area contributed by atoms with Crippen LogP contribution in [0.5, 0.6) is 0 Å². The molecule has 0 radical (unpaired) electrons. The van der Waals surface area contributed by atoms with Crippen LogP contribution in [0.3, 0.4) is 0 Å². The highest BCUT2D eigenvalue weighted by atomic mass is 16.5. The van der Waals surface area contributed by atoms with Gasteiger partial charge in [-0.3, -0.25) is 4.79 Å². The van der Waals surface area contributed by atoms with Crippen LogP contribution in [0, 0.1) is 5.92 Å². The van der Waals surface area contributed by atoms with Crippen LogP contribution in [0.25, 0.3) is 11.1 Å². The molecule has 7 heteroatoms. The fraction of sp³-hybridized carbons (Fsp3) is 0.444. The Morgan fingerprint density at radius 2 is 1.71 bits per heavy atom. The highest BCUT2D eigenvalue weighted by molar-refractivity contribution is 5.85. The van der Waals surface area contributed by atoms with E-state index in [4.69, 9.17) is 4.74 Å². The number of carboxylic acid groups (broad SMARTS) is 1.